The van der Waals surface area contributed by atoms with Gasteiger partial charge in [-0.3, -0.25) is 0 Å². The van der Waals surface area contributed by atoms with Crippen LogP contribution in [0.3, 0.4) is 0 Å². The van der Waals surface area contributed by atoms with Crippen molar-refractivity contribution in [2.75, 3.05) is 5.73 Å². The van der Waals surface area contributed by atoms with Gasteiger partial charge in [-0.1, -0.05) is 12.8 Å². The smallest absolute Gasteiger partial charge is 0.260 e. The highest BCUT2D eigenvalue weighted by atomic mass is 16.5. The Hall–Kier alpha value is -1.10. The van der Waals surface area contributed by atoms with E-state index in [1.54, 1.807) is 0 Å². The molecule has 0 saturated heterocycles. The van der Waals surface area contributed by atoms with Crippen molar-refractivity contribution in [2.45, 2.75) is 37.6 Å². The summed E-state index contributed by atoms with van der Waals surface area (Å²) in [6.07, 6.45) is 4.44. The van der Waals surface area contributed by atoms with Crippen molar-refractivity contribution in [3.05, 3.63) is 5.89 Å². The summed E-state index contributed by atoms with van der Waals surface area (Å²) in [5, 5.41) is 3.56. The van der Waals surface area contributed by atoms with Gasteiger partial charge >= 0.3 is 0 Å². The third-order valence-electron chi connectivity index (χ3n) is 2.59. The fourth-order valence-corrected chi connectivity index (χ4v) is 1.86. The summed E-state index contributed by atoms with van der Waals surface area (Å²) < 4.78 is 5.01. The summed E-state index contributed by atoms with van der Waals surface area (Å²) in [7, 11) is 0. The van der Waals surface area contributed by atoms with Crippen LogP contribution in [0.15, 0.2) is 4.52 Å². The molecule has 1 aliphatic carbocycles. The van der Waals surface area contributed by atoms with Gasteiger partial charge in [0, 0.05) is 6.04 Å². The molecule has 0 aromatic carbocycles. The highest BCUT2D eigenvalue weighted by Crippen LogP contribution is 2.30. The minimum Gasteiger partial charge on any atom is -0.365 e. The first-order valence-corrected chi connectivity index (χ1v) is 4.62. The van der Waals surface area contributed by atoms with Crippen LogP contribution < -0.4 is 11.5 Å². The second-order valence-electron chi connectivity index (χ2n) is 3.55. The zero-order valence-electron chi connectivity index (χ0n) is 7.44. The van der Waals surface area contributed by atoms with Gasteiger partial charge in [-0.15, -0.1) is 0 Å². The van der Waals surface area contributed by atoms with E-state index in [9.17, 15) is 0 Å². The van der Waals surface area contributed by atoms with E-state index in [-0.39, 0.29) is 17.9 Å². The van der Waals surface area contributed by atoms with Gasteiger partial charge in [0.05, 0.1) is 5.92 Å². The maximum absolute atomic E-state index is 5.95. The molecule has 1 aromatic heterocycles. The lowest BCUT2D eigenvalue weighted by Gasteiger charge is -2.25. The normalized spacial score (nSPS) is 29.0. The van der Waals surface area contributed by atoms with Crippen LogP contribution in [0.2, 0.25) is 0 Å². The number of nitrogens with zero attached hydrogens (tertiary/aromatic N) is 2. The van der Waals surface area contributed by atoms with Gasteiger partial charge in [-0.05, 0) is 18.0 Å². The van der Waals surface area contributed by atoms with Crippen molar-refractivity contribution < 1.29 is 4.52 Å². The molecule has 0 radical (unpaired) electrons. The van der Waals surface area contributed by atoms with Crippen molar-refractivity contribution in [2.24, 2.45) is 5.73 Å². The van der Waals surface area contributed by atoms with Crippen molar-refractivity contribution in [1.82, 2.24) is 10.1 Å². The lowest BCUT2D eigenvalue weighted by atomic mass is 9.85. The molecule has 2 atom stereocenters. The van der Waals surface area contributed by atoms with E-state index in [4.69, 9.17) is 16.0 Å². The molecule has 1 heterocycles. The second-order valence-corrected chi connectivity index (χ2v) is 3.55. The molecule has 0 bridgehead atoms. The van der Waals surface area contributed by atoms with Crippen LogP contribution in [0.25, 0.3) is 0 Å². The van der Waals surface area contributed by atoms with E-state index < -0.39 is 0 Å². The first-order valence-electron chi connectivity index (χ1n) is 4.62. The molecule has 1 aliphatic rings. The Morgan fingerprint density at radius 2 is 2.08 bits per heavy atom. The molecule has 0 aliphatic heterocycles. The van der Waals surface area contributed by atoms with Crippen LogP contribution in [0.1, 0.15) is 37.5 Å². The first-order chi connectivity index (χ1) is 6.27. The average Bonchev–Trinajstić information content (AvgIpc) is 2.53. The van der Waals surface area contributed by atoms with Crippen LogP contribution in [0, 0.1) is 0 Å². The number of aromatic nitrogens is 2. The predicted molar refractivity (Wildman–Crippen MR) is 47.9 cm³/mol. The zero-order valence-corrected chi connectivity index (χ0v) is 7.44. The molecule has 1 fully saturated rings. The monoisotopic (exact) mass is 182 g/mol. The first kappa shape index (κ1) is 8.50. The average molecular weight is 182 g/mol. The lowest BCUT2D eigenvalue weighted by molar-refractivity contribution is 0.290. The molecule has 2 rings (SSSR count). The summed E-state index contributed by atoms with van der Waals surface area (Å²) >= 11 is 0. The van der Waals surface area contributed by atoms with Crippen molar-refractivity contribution in [1.29, 1.82) is 0 Å². The topological polar surface area (TPSA) is 91.0 Å². The van der Waals surface area contributed by atoms with Crippen molar-refractivity contribution >= 4 is 5.95 Å². The van der Waals surface area contributed by atoms with Crippen LogP contribution in [0.5, 0.6) is 0 Å². The Kier molecular flexibility index (Phi) is 2.18. The number of anilines is 1. The zero-order chi connectivity index (χ0) is 9.26. The lowest BCUT2D eigenvalue weighted by Crippen LogP contribution is -2.31. The van der Waals surface area contributed by atoms with E-state index in [0.717, 1.165) is 12.8 Å². The fraction of sp³-hybridized carbons (Fsp3) is 0.750. The van der Waals surface area contributed by atoms with Crippen LogP contribution in [-0.4, -0.2) is 16.2 Å². The molecule has 13 heavy (non-hydrogen) atoms. The molecule has 0 spiro atoms. The largest absolute Gasteiger partial charge is 0.365 e. The SMILES string of the molecule is Nc1noc(C2CCCCC2N)n1. The predicted octanol–water partition coefficient (Wildman–Crippen LogP) is 0.637. The third kappa shape index (κ3) is 1.65. The quantitative estimate of drug-likeness (QED) is 0.665. The Balaban J connectivity index is 2.14. The second kappa shape index (κ2) is 3.33. The van der Waals surface area contributed by atoms with E-state index in [2.05, 4.69) is 10.1 Å². The van der Waals surface area contributed by atoms with E-state index >= 15 is 0 Å². The molecule has 2 unspecified atom stereocenters. The number of nitrogens with two attached hydrogens (primary N) is 2. The molecule has 5 heteroatoms. The summed E-state index contributed by atoms with van der Waals surface area (Å²) in [4.78, 5) is 4.00. The Morgan fingerprint density at radius 3 is 2.69 bits per heavy atom. The Bertz CT molecular complexity index is 285. The van der Waals surface area contributed by atoms with Crippen molar-refractivity contribution in [3.8, 4) is 0 Å². The number of nitrogen functional groups attached to an aromatic ring is 1. The standard InChI is InChI=1S/C8H14N4O/c9-6-4-2-1-3-5(6)7-11-8(10)12-13-7/h5-6H,1-4,9H2,(H2,10,12). The molecule has 1 saturated carbocycles. The molecule has 5 nitrogen and oxygen atoms in total. The number of hydrogen-bond acceptors (Lipinski definition) is 5. The summed E-state index contributed by atoms with van der Waals surface area (Å²) in [5.41, 5.74) is 11.3. The van der Waals surface area contributed by atoms with Crippen LogP contribution in [0.4, 0.5) is 5.95 Å². The van der Waals surface area contributed by atoms with E-state index in [0.29, 0.717) is 5.89 Å². The van der Waals surface area contributed by atoms with Gasteiger partial charge in [0.15, 0.2) is 0 Å². The molecule has 1 aromatic rings. The van der Waals surface area contributed by atoms with Gasteiger partial charge in [-0.2, -0.15) is 4.98 Å². The van der Waals surface area contributed by atoms with Crippen LogP contribution in [-0.2, 0) is 0 Å². The van der Waals surface area contributed by atoms with Gasteiger partial charge in [0.2, 0.25) is 5.89 Å². The van der Waals surface area contributed by atoms with Gasteiger partial charge < -0.3 is 16.0 Å². The van der Waals surface area contributed by atoms with E-state index in [1.165, 1.54) is 12.8 Å². The fourth-order valence-electron chi connectivity index (χ4n) is 1.86. The van der Waals surface area contributed by atoms with Gasteiger partial charge in [0.1, 0.15) is 0 Å². The van der Waals surface area contributed by atoms with Crippen molar-refractivity contribution in [3.63, 3.8) is 0 Å². The Labute approximate surface area is 76.5 Å². The third-order valence-corrected chi connectivity index (χ3v) is 2.59. The highest BCUT2D eigenvalue weighted by molar-refractivity contribution is 5.13. The maximum Gasteiger partial charge on any atom is 0.260 e. The van der Waals surface area contributed by atoms with E-state index in [1.807, 2.05) is 0 Å². The molecule has 72 valence electrons. The number of hydrogen-bond donors (Lipinski definition) is 2. The summed E-state index contributed by atoms with van der Waals surface area (Å²) in [6.45, 7) is 0. The summed E-state index contributed by atoms with van der Waals surface area (Å²) in [6, 6.07) is 0.147. The molecular formula is C8H14N4O. The Morgan fingerprint density at radius 1 is 1.31 bits per heavy atom. The van der Waals surface area contributed by atoms with Gasteiger partial charge in [-0.25, -0.2) is 0 Å². The highest BCUT2D eigenvalue weighted by Gasteiger charge is 2.27. The molecular weight excluding hydrogens is 168 g/mol. The molecule has 0 amide bonds. The minimum atomic E-state index is 0.147. The van der Waals surface area contributed by atoms with Gasteiger partial charge in [0.25, 0.3) is 5.95 Å². The molecule has 4 N–H and O–H groups in total. The minimum absolute atomic E-state index is 0.147. The number of rotatable bonds is 1. The summed E-state index contributed by atoms with van der Waals surface area (Å²) in [5.74, 6) is 1.01. The van der Waals surface area contributed by atoms with Crippen LogP contribution >= 0.6 is 0 Å². The maximum atomic E-state index is 5.95.